The summed E-state index contributed by atoms with van der Waals surface area (Å²) in [5.41, 5.74) is 8.96. The predicted octanol–water partition coefficient (Wildman–Crippen LogP) is 4.44. The summed E-state index contributed by atoms with van der Waals surface area (Å²) < 4.78 is 0. The quantitative estimate of drug-likeness (QED) is 0.198. The van der Waals surface area contributed by atoms with Crippen molar-refractivity contribution in [2.45, 2.75) is 37.9 Å². The van der Waals surface area contributed by atoms with E-state index in [9.17, 15) is 4.79 Å². The number of para-hydroxylation sites is 1. The monoisotopic (exact) mass is 561 g/mol. The van der Waals surface area contributed by atoms with Gasteiger partial charge in [-0.1, -0.05) is 78.9 Å². The topological polar surface area (TPSA) is 91.2 Å². The molecular weight excluding hydrogens is 525 g/mol. The van der Waals surface area contributed by atoms with Gasteiger partial charge in [0.05, 0.1) is 6.04 Å². The molecule has 6 N–H and O–H groups in total. The number of thiocarbonyl (C=S) groups is 1. The molecule has 9 heteroatoms. The molecule has 6 nitrogen and oxygen atoms in total. The van der Waals surface area contributed by atoms with Crippen molar-refractivity contribution in [3.8, 4) is 0 Å². The summed E-state index contributed by atoms with van der Waals surface area (Å²) in [6, 6.07) is 29.6. The zero-order valence-electron chi connectivity index (χ0n) is 20.8. The maximum absolute atomic E-state index is 13.1. The van der Waals surface area contributed by atoms with Gasteiger partial charge in [0.1, 0.15) is 0 Å². The number of rotatable bonds is 13. The number of carbonyl (C=O) groups excluding carboxylic acids is 1. The molecule has 3 rings (SSSR count). The minimum absolute atomic E-state index is 0. The number of benzene rings is 3. The second-order valence-electron chi connectivity index (χ2n) is 8.44. The molecule has 0 bridgehead atoms. The molecule has 0 saturated carbocycles. The summed E-state index contributed by atoms with van der Waals surface area (Å²) in [4.78, 5) is 13.1. The lowest BCUT2D eigenvalue weighted by molar-refractivity contribution is -0.123. The van der Waals surface area contributed by atoms with Crippen molar-refractivity contribution < 1.29 is 4.79 Å². The second kappa shape index (κ2) is 18.5. The first kappa shape index (κ1) is 32.3. The average molecular weight is 563 g/mol. The molecule has 0 unspecified atom stereocenters. The van der Waals surface area contributed by atoms with Crippen LogP contribution in [0.15, 0.2) is 91.0 Å². The fraction of sp³-hybridized carbons (Fsp3) is 0.286. The molecule has 0 aliphatic carbocycles. The van der Waals surface area contributed by atoms with E-state index in [2.05, 4.69) is 33.4 Å². The molecule has 0 radical (unpaired) electrons. The molecule has 1 amide bonds. The van der Waals surface area contributed by atoms with Crippen molar-refractivity contribution in [1.82, 2.24) is 16.0 Å². The maximum atomic E-state index is 13.1. The van der Waals surface area contributed by atoms with E-state index in [0.717, 1.165) is 24.1 Å². The van der Waals surface area contributed by atoms with Crippen LogP contribution >= 0.6 is 37.0 Å². The molecule has 200 valence electrons. The highest BCUT2D eigenvalue weighted by Gasteiger charge is 2.22. The van der Waals surface area contributed by atoms with E-state index in [1.807, 2.05) is 78.9 Å². The minimum atomic E-state index is -0.353. The largest absolute Gasteiger partial charge is 0.361 e. The van der Waals surface area contributed by atoms with Crippen LogP contribution in [-0.2, 0) is 17.8 Å². The van der Waals surface area contributed by atoms with Gasteiger partial charge in [0.2, 0.25) is 5.91 Å². The first-order chi connectivity index (χ1) is 17.1. The highest BCUT2D eigenvalue weighted by molar-refractivity contribution is 7.80. The van der Waals surface area contributed by atoms with E-state index in [1.165, 1.54) is 5.56 Å². The van der Waals surface area contributed by atoms with Gasteiger partial charge in [-0.05, 0) is 61.3 Å². The Hall–Kier alpha value is -2.68. The van der Waals surface area contributed by atoms with Crippen molar-refractivity contribution in [3.05, 3.63) is 102 Å². The van der Waals surface area contributed by atoms with E-state index in [1.54, 1.807) is 0 Å². The zero-order valence-corrected chi connectivity index (χ0v) is 23.2. The van der Waals surface area contributed by atoms with Crippen LogP contribution in [-0.4, -0.2) is 36.2 Å². The molecular formula is C28H37Cl2N5OS. The third-order valence-corrected chi connectivity index (χ3v) is 5.87. The van der Waals surface area contributed by atoms with Crippen LogP contribution in [0.1, 0.15) is 24.0 Å². The molecule has 3 aromatic carbocycles. The number of hydrogen-bond donors (Lipinski definition) is 5. The number of carbonyl (C=O) groups is 1. The van der Waals surface area contributed by atoms with Gasteiger partial charge in [-0.15, -0.1) is 24.8 Å². The van der Waals surface area contributed by atoms with Gasteiger partial charge < -0.3 is 27.0 Å². The summed E-state index contributed by atoms with van der Waals surface area (Å²) in [6.07, 6.45) is 2.18. The van der Waals surface area contributed by atoms with Crippen LogP contribution in [0.5, 0.6) is 0 Å². The number of nitrogens with one attached hydrogen (secondary N) is 4. The average Bonchev–Trinajstić information content (AvgIpc) is 2.90. The van der Waals surface area contributed by atoms with Gasteiger partial charge in [-0.3, -0.25) is 4.79 Å². The van der Waals surface area contributed by atoms with Gasteiger partial charge in [0, 0.05) is 24.8 Å². The van der Waals surface area contributed by atoms with Gasteiger partial charge in [0.15, 0.2) is 5.11 Å². The lowest BCUT2D eigenvalue weighted by Crippen LogP contribution is -2.52. The van der Waals surface area contributed by atoms with Crippen molar-refractivity contribution in [1.29, 1.82) is 0 Å². The molecule has 0 spiro atoms. The maximum Gasteiger partial charge on any atom is 0.237 e. The highest BCUT2D eigenvalue weighted by Crippen LogP contribution is 2.08. The lowest BCUT2D eigenvalue weighted by Gasteiger charge is -2.26. The second-order valence-corrected chi connectivity index (χ2v) is 8.85. The van der Waals surface area contributed by atoms with E-state index >= 15 is 0 Å². The van der Waals surface area contributed by atoms with Crippen LogP contribution < -0.4 is 27.0 Å². The molecule has 2 atom stereocenters. The van der Waals surface area contributed by atoms with Gasteiger partial charge >= 0.3 is 0 Å². The van der Waals surface area contributed by atoms with Gasteiger partial charge in [0.25, 0.3) is 0 Å². The summed E-state index contributed by atoms with van der Waals surface area (Å²) in [5.74, 6) is -0.0228. The molecule has 0 fully saturated rings. The molecule has 0 aliphatic heterocycles. The Bertz CT molecular complexity index is 1030. The fourth-order valence-corrected chi connectivity index (χ4v) is 4.01. The smallest absolute Gasteiger partial charge is 0.237 e. The number of anilines is 1. The Morgan fingerprint density at radius 2 is 1.38 bits per heavy atom. The van der Waals surface area contributed by atoms with E-state index in [0.29, 0.717) is 31.2 Å². The molecule has 0 heterocycles. The molecule has 0 saturated heterocycles. The SMILES string of the molecule is Cl.Cl.NCCC[C@H](N[C@@H](CNC(=S)Nc1ccccc1)Cc1ccccc1)C(=O)NCc1ccccc1. The van der Waals surface area contributed by atoms with Crippen LogP contribution in [0.4, 0.5) is 5.69 Å². The first-order valence-electron chi connectivity index (χ1n) is 12.1. The number of halogens is 2. The Morgan fingerprint density at radius 1 is 0.811 bits per heavy atom. The van der Waals surface area contributed by atoms with Crippen molar-refractivity contribution in [3.63, 3.8) is 0 Å². The van der Waals surface area contributed by atoms with E-state index in [-0.39, 0.29) is 42.8 Å². The van der Waals surface area contributed by atoms with Gasteiger partial charge in [-0.25, -0.2) is 0 Å². The predicted molar refractivity (Wildman–Crippen MR) is 163 cm³/mol. The zero-order chi connectivity index (χ0) is 24.7. The highest BCUT2D eigenvalue weighted by atomic mass is 35.5. The summed E-state index contributed by atoms with van der Waals surface area (Å²) in [7, 11) is 0. The molecule has 3 aromatic rings. The van der Waals surface area contributed by atoms with E-state index in [4.69, 9.17) is 18.0 Å². The van der Waals surface area contributed by atoms with Crippen molar-refractivity contribution in [2.75, 3.05) is 18.4 Å². The summed E-state index contributed by atoms with van der Waals surface area (Å²) >= 11 is 5.50. The summed E-state index contributed by atoms with van der Waals surface area (Å²) in [6.45, 7) is 1.60. The molecule has 37 heavy (non-hydrogen) atoms. The third kappa shape index (κ3) is 12.4. The van der Waals surface area contributed by atoms with Crippen molar-refractivity contribution >= 4 is 53.7 Å². The Morgan fingerprint density at radius 3 is 1.97 bits per heavy atom. The first-order valence-corrected chi connectivity index (χ1v) is 12.5. The Labute approximate surface area is 238 Å². The van der Waals surface area contributed by atoms with E-state index < -0.39 is 0 Å². The lowest BCUT2D eigenvalue weighted by atomic mass is 10.0. The number of amides is 1. The van der Waals surface area contributed by atoms with Crippen LogP contribution in [0.2, 0.25) is 0 Å². The van der Waals surface area contributed by atoms with Crippen LogP contribution in [0.25, 0.3) is 0 Å². The van der Waals surface area contributed by atoms with Crippen molar-refractivity contribution in [2.24, 2.45) is 5.73 Å². The van der Waals surface area contributed by atoms with Gasteiger partial charge in [-0.2, -0.15) is 0 Å². The fourth-order valence-electron chi connectivity index (χ4n) is 3.81. The normalized spacial score (nSPS) is 11.7. The number of nitrogens with two attached hydrogens (primary N) is 1. The third-order valence-electron chi connectivity index (χ3n) is 5.63. The Kier molecular flexibility index (Phi) is 16.2. The van der Waals surface area contributed by atoms with Crippen LogP contribution in [0.3, 0.4) is 0 Å². The summed E-state index contributed by atoms with van der Waals surface area (Å²) in [5, 5.41) is 13.7. The number of hydrogen-bond acceptors (Lipinski definition) is 4. The molecule has 0 aromatic heterocycles. The molecule has 0 aliphatic rings. The standard InChI is InChI=1S/C28H35N5OS.2ClH/c29-18-10-17-26(27(34)30-20-23-13-6-2-7-14-23)32-25(19-22-11-4-1-5-12-22)21-31-28(35)33-24-15-8-3-9-16-24;;/h1-9,11-16,25-26,32H,10,17-21,29H2,(H,30,34)(H2,31,33,35);2*1H/t25-,26+;;/m1../s1. The van der Waals surface area contributed by atoms with Crippen LogP contribution in [0, 0.1) is 0 Å². The Balaban J connectivity index is 0.00000342. The minimum Gasteiger partial charge on any atom is -0.361 e.